The van der Waals surface area contributed by atoms with Gasteiger partial charge in [0.25, 0.3) is 0 Å². The molecule has 2 aromatic heterocycles. The van der Waals surface area contributed by atoms with Gasteiger partial charge in [-0.05, 0) is 43.4 Å². The minimum absolute atomic E-state index is 0.104. The number of H-pyrrole nitrogens is 1. The van der Waals surface area contributed by atoms with Crippen molar-refractivity contribution in [2.75, 3.05) is 26.2 Å². The van der Waals surface area contributed by atoms with Crippen LogP contribution in [0.3, 0.4) is 0 Å². The molecule has 2 amide bonds. The maximum Gasteiger partial charge on any atom is 0.408 e. The number of nitrogens with zero attached hydrogens (tertiary/aromatic N) is 3. The van der Waals surface area contributed by atoms with Gasteiger partial charge in [-0.3, -0.25) is 0 Å². The maximum atomic E-state index is 12.9. The molecule has 8 nitrogen and oxygen atoms in total. The smallest absolute Gasteiger partial charge is 0.346 e. The fourth-order valence-electron chi connectivity index (χ4n) is 4.10. The summed E-state index contributed by atoms with van der Waals surface area (Å²) >= 11 is 0. The molecule has 2 fully saturated rings. The molecule has 0 radical (unpaired) electrons. The molecule has 2 saturated heterocycles. The molecule has 0 spiro atoms. The van der Waals surface area contributed by atoms with E-state index >= 15 is 0 Å². The van der Waals surface area contributed by atoms with Gasteiger partial charge < -0.3 is 15.2 Å². The monoisotopic (exact) mass is 459 g/mol. The van der Waals surface area contributed by atoms with E-state index in [1.54, 1.807) is 6.20 Å². The Morgan fingerprint density at radius 1 is 1.29 bits per heavy atom. The number of fused-ring (bicyclic) bond motifs is 1. The summed E-state index contributed by atoms with van der Waals surface area (Å²) < 4.78 is 65.0. The first-order chi connectivity index (χ1) is 14.6. The van der Waals surface area contributed by atoms with Crippen LogP contribution < -0.4 is 5.32 Å². The molecule has 2 aromatic rings. The number of hydrogen-bond acceptors (Lipinski definition) is 4. The largest absolute Gasteiger partial charge is 0.408 e. The fraction of sp³-hybridized carbons (Fsp3) is 0.579. The molecule has 2 aliphatic rings. The Morgan fingerprint density at radius 3 is 2.61 bits per heavy atom. The number of rotatable bonds is 4. The Morgan fingerprint density at radius 2 is 1.97 bits per heavy atom. The molecule has 1 atom stereocenters. The second kappa shape index (κ2) is 7.97. The highest BCUT2D eigenvalue weighted by Crippen LogP contribution is 2.34. The number of aromatic amines is 1. The SMILES string of the molecule is CC(NC(=O)N1CC(S(=O)(=O)N2CCC(c3c[nH]c4ncccc34)CC2)C1)C(F)(F)F. The van der Waals surface area contributed by atoms with Gasteiger partial charge in [-0.2, -0.15) is 13.2 Å². The molecule has 2 aliphatic heterocycles. The fourth-order valence-corrected chi connectivity index (χ4v) is 5.98. The van der Waals surface area contributed by atoms with Crippen molar-refractivity contribution in [2.24, 2.45) is 0 Å². The van der Waals surface area contributed by atoms with Crippen molar-refractivity contribution in [3.8, 4) is 0 Å². The minimum Gasteiger partial charge on any atom is -0.346 e. The average molecular weight is 459 g/mol. The molecular formula is C19H24F3N5O3S. The molecule has 4 heterocycles. The summed E-state index contributed by atoms with van der Waals surface area (Å²) in [6.45, 7) is 1.38. The first-order valence-corrected chi connectivity index (χ1v) is 11.6. The second-order valence-corrected chi connectivity index (χ2v) is 10.3. The zero-order valence-corrected chi connectivity index (χ0v) is 17.7. The van der Waals surface area contributed by atoms with Crippen molar-refractivity contribution < 1.29 is 26.4 Å². The lowest BCUT2D eigenvalue weighted by molar-refractivity contribution is -0.149. The molecule has 31 heavy (non-hydrogen) atoms. The van der Waals surface area contributed by atoms with Crippen LogP contribution in [0.15, 0.2) is 24.5 Å². The average Bonchev–Trinajstić information content (AvgIpc) is 3.10. The van der Waals surface area contributed by atoms with E-state index in [0.29, 0.717) is 25.9 Å². The summed E-state index contributed by atoms with van der Waals surface area (Å²) in [4.78, 5) is 20.4. The lowest BCUT2D eigenvalue weighted by atomic mass is 9.90. The Kier molecular flexibility index (Phi) is 5.63. The highest BCUT2D eigenvalue weighted by atomic mass is 32.2. The van der Waals surface area contributed by atoms with Crippen LogP contribution in [0.4, 0.5) is 18.0 Å². The lowest BCUT2D eigenvalue weighted by Gasteiger charge is -2.42. The van der Waals surface area contributed by atoms with E-state index in [2.05, 4.69) is 9.97 Å². The lowest BCUT2D eigenvalue weighted by Crippen LogP contribution is -2.63. The van der Waals surface area contributed by atoms with Gasteiger partial charge in [0.15, 0.2) is 0 Å². The number of aromatic nitrogens is 2. The number of likely N-dealkylation sites (tertiary alicyclic amines) is 1. The van der Waals surface area contributed by atoms with Crippen molar-refractivity contribution in [3.63, 3.8) is 0 Å². The number of nitrogens with one attached hydrogen (secondary N) is 2. The predicted octanol–water partition coefficient (Wildman–Crippen LogP) is 2.42. The van der Waals surface area contributed by atoms with Gasteiger partial charge in [0.05, 0.1) is 0 Å². The van der Waals surface area contributed by atoms with Crippen LogP contribution in [-0.4, -0.2) is 77.3 Å². The molecular weight excluding hydrogens is 435 g/mol. The number of urea groups is 1. The Balaban J connectivity index is 1.31. The standard InChI is InChI=1S/C19H24F3N5O3S/c1-12(19(20,21)22)25-18(28)26-10-14(11-26)31(29,30)27-7-4-13(5-8-27)16-9-24-17-15(16)3-2-6-23-17/h2-3,6,9,12-14H,4-5,7-8,10-11H2,1H3,(H,23,24)(H,25,28). The van der Waals surface area contributed by atoms with Crippen LogP contribution in [-0.2, 0) is 10.0 Å². The van der Waals surface area contributed by atoms with Crippen molar-refractivity contribution in [1.82, 2.24) is 24.5 Å². The number of carbonyl (C=O) groups excluding carboxylic acids is 1. The number of pyridine rings is 1. The van der Waals surface area contributed by atoms with Gasteiger partial charge in [-0.15, -0.1) is 0 Å². The third-order valence-corrected chi connectivity index (χ3v) is 8.35. The molecule has 0 aromatic carbocycles. The Labute approximate surface area is 177 Å². The van der Waals surface area contributed by atoms with Gasteiger partial charge in [0.2, 0.25) is 10.0 Å². The van der Waals surface area contributed by atoms with Crippen molar-refractivity contribution in [2.45, 2.75) is 43.2 Å². The van der Waals surface area contributed by atoms with E-state index in [1.807, 2.05) is 23.6 Å². The van der Waals surface area contributed by atoms with Gasteiger partial charge in [-0.25, -0.2) is 22.5 Å². The van der Waals surface area contributed by atoms with E-state index in [-0.39, 0.29) is 19.0 Å². The van der Waals surface area contributed by atoms with Crippen LogP contribution >= 0.6 is 0 Å². The van der Waals surface area contributed by atoms with E-state index in [1.165, 1.54) is 4.31 Å². The molecule has 1 unspecified atom stereocenters. The van der Waals surface area contributed by atoms with Crippen LogP contribution in [0.1, 0.15) is 31.2 Å². The van der Waals surface area contributed by atoms with E-state index in [9.17, 15) is 26.4 Å². The third-order valence-electron chi connectivity index (χ3n) is 6.12. The summed E-state index contributed by atoms with van der Waals surface area (Å²) in [5.41, 5.74) is 1.94. The van der Waals surface area contributed by atoms with Crippen molar-refractivity contribution in [3.05, 3.63) is 30.1 Å². The van der Waals surface area contributed by atoms with E-state index in [4.69, 9.17) is 0 Å². The van der Waals surface area contributed by atoms with Crippen molar-refractivity contribution >= 4 is 27.1 Å². The summed E-state index contributed by atoms with van der Waals surface area (Å²) in [6.07, 6.45) is 0.431. The topological polar surface area (TPSA) is 98.4 Å². The third kappa shape index (κ3) is 4.22. The molecule has 170 valence electrons. The van der Waals surface area contributed by atoms with Gasteiger partial charge >= 0.3 is 12.2 Å². The van der Waals surface area contributed by atoms with E-state index < -0.39 is 33.5 Å². The number of carbonyl (C=O) groups is 1. The normalized spacial score (nSPS) is 20.6. The summed E-state index contributed by atoms with van der Waals surface area (Å²) in [6, 6.07) is 0.968. The molecule has 12 heteroatoms. The van der Waals surface area contributed by atoms with Gasteiger partial charge in [0, 0.05) is 44.0 Å². The zero-order valence-electron chi connectivity index (χ0n) is 16.9. The van der Waals surface area contributed by atoms with Gasteiger partial charge in [0.1, 0.15) is 16.9 Å². The Hall–Kier alpha value is -2.34. The highest BCUT2D eigenvalue weighted by Gasteiger charge is 2.45. The first-order valence-electron chi connectivity index (χ1n) is 10.1. The molecule has 4 rings (SSSR count). The maximum absolute atomic E-state index is 12.9. The van der Waals surface area contributed by atoms with Crippen LogP contribution in [0, 0.1) is 0 Å². The van der Waals surface area contributed by atoms with E-state index in [0.717, 1.165) is 28.4 Å². The number of amides is 2. The number of hydrogen-bond donors (Lipinski definition) is 2. The van der Waals surface area contributed by atoms with Crippen LogP contribution in [0.2, 0.25) is 0 Å². The summed E-state index contributed by atoms with van der Waals surface area (Å²) in [5, 5.41) is 2.11. The number of halogens is 3. The van der Waals surface area contributed by atoms with Crippen LogP contribution in [0.5, 0.6) is 0 Å². The molecule has 0 saturated carbocycles. The summed E-state index contributed by atoms with van der Waals surface area (Å²) in [5.74, 6) is 0.219. The second-order valence-electron chi connectivity index (χ2n) is 8.10. The molecule has 2 N–H and O–H groups in total. The molecule has 0 bridgehead atoms. The quantitative estimate of drug-likeness (QED) is 0.734. The predicted molar refractivity (Wildman–Crippen MR) is 108 cm³/mol. The zero-order chi connectivity index (χ0) is 22.4. The Bertz CT molecular complexity index is 1060. The minimum atomic E-state index is -4.54. The number of sulfonamides is 1. The van der Waals surface area contributed by atoms with Crippen molar-refractivity contribution in [1.29, 1.82) is 0 Å². The summed E-state index contributed by atoms with van der Waals surface area (Å²) in [7, 11) is -3.61. The van der Waals surface area contributed by atoms with Gasteiger partial charge in [-0.1, -0.05) is 0 Å². The number of piperidine rings is 1. The number of alkyl halides is 3. The van der Waals surface area contributed by atoms with Crippen LogP contribution in [0.25, 0.3) is 11.0 Å². The highest BCUT2D eigenvalue weighted by molar-refractivity contribution is 7.89. The molecule has 0 aliphatic carbocycles. The first kappa shape index (κ1) is 21.9.